The highest BCUT2D eigenvalue weighted by atomic mass is 32.2. The van der Waals surface area contributed by atoms with Crippen LogP contribution in [0.5, 0.6) is 0 Å². The maximum Gasteiger partial charge on any atom is 0.280 e. The molecule has 0 aromatic carbocycles. The van der Waals surface area contributed by atoms with E-state index < -0.39 is 10.2 Å². The van der Waals surface area contributed by atoms with E-state index in [0.717, 1.165) is 12.8 Å². The van der Waals surface area contributed by atoms with Gasteiger partial charge in [0.2, 0.25) is 0 Å². The van der Waals surface area contributed by atoms with Gasteiger partial charge in [-0.05, 0) is 25.0 Å². The minimum atomic E-state index is -3.46. The van der Waals surface area contributed by atoms with Crippen LogP contribution in [0.25, 0.3) is 0 Å². The molecule has 0 unspecified atom stereocenters. The third-order valence-corrected chi connectivity index (χ3v) is 4.60. The summed E-state index contributed by atoms with van der Waals surface area (Å²) in [5.41, 5.74) is 0. The highest BCUT2D eigenvalue weighted by Gasteiger charge is 2.36. The van der Waals surface area contributed by atoms with E-state index in [1.54, 1.807) is 12.3 Å². The fraction of sp³-hybridized carbons (Fsp3) is 0.636. The number of methoxy groups -OCH3 is 1. The van der Waals surface area contributed by atoms with E-state index in [9.17, 15) is 8.42 Å². The van der Waals surface area contributed by atoms with E-state index in [1.165, 1.54) is 11.4 Å². The predicted molar refractivity (Wildman–Crippen MR) is 66.2 cm³/mol. The second-order valence-corrected chi connectivity index (χ2v) is 5.88. The number of hydrogen-bond donors (Lipinski definition) is 1. The molecule has 1 N–H and O–H groups in total. The quantitative estimate of drug-likeness (QED) is 0.782. The normalized spacial score (nSPS) is 21.5. The largest absolute Gasteiger partial charge is 0.468 e. The zero-order valence-corrected chi connectivity index (χ0v) is 11.1. The molecule has 2 heterocycles. The Bertz CT molecular complexity index is 457. The first-order valence-corrected chi connectivity index (χ1v) is 7.38. The highest BCUT2D eigenvalue weighted by Crippen LogP contribution is 2.33. The third kappa shape index (κ3) is 2.92. The molecule has 6 nitrogen and oxygen atoms in total. The van der Waals surface area contributed by atoms with Crippen molar-refractivity contribution in [3.63, 3.8) is 0 Å². The van der Waals surface area contributed by atoms with Crippen molar-refractivity contribution in [2.75, 3.05) is 26.8 Å². The van der Waals surface area contributed by atoms with Crippen LogP contribution < -0.4 is 4.72 Å². The van der Waals surface area contributed by atoms with Gasteiger partial charge in [-0.15, -0.1) is 0 Å². The molecule has 0 spiro atoms. The van der Waals surface area contributed by atoms with Gasteiger partial charge in [0.15, 0.2) is 0 Å². The molecule has 1 atom stereocenters. The van der Waals surface area contributed by atoms with Crippen LogP contribution >= 0.6 is 0 Å². The average Bonchev–Trinajstić information content (AvgIpc) is 3.00. The summed E-state index contributed by atoms with van der Waals surface area (Å²) in [6.07, 6.45) is 3.20. The van der Waals surface area contributed by atoms with Crippen molar-refractivity contribution in [1.82, 2.24) is 9.03 Å². The molecule has 1 aromatic rings. The first kappa shape index (κ1) is 13.5. The third-order valence-electron chi connectivity index (χ3n) is 2.97. The van der Waals surface area contributed by atoms with Crippen molar-refractivity contribution in [3.05, 3.63) is 24.2 Å². The first-order chi connectivity index (χ1) is 8.65. The minimum absolute atomic E-state index is 0.194. The number of nitrogens with zero attached hydrogens (tertiary/aromatic N) is 1. The number of nitrogens with one attached hydrogen (secondary N) is 1. The smallest absolute Gasteiger partial charge is 0.280 e. The summed E-state index contributed by atoms with van der Waals surface area (Å²) in [6.45, 7) is 1.16. The number of hydrogen-bond acceptors (Lipinski definition) is 4. The fourth-order valence-electron chi connectivity index (χ4n) is 2.15. The zero-order chi connectivity index (χ0) is 13.0. The van der Waals surface area contributed by atoms with Gasteiger partial charge >= 0.3 is 0 Å². The summed E-state index contributed by atoms with van der Waals surface area (Å²) in [4.78, 5) is 0. The van der Waals surface area contributed by atoms with Crippen LogP contribution in [0.15, 0.2) is 22.8 Å². The van der Waals surface area contributed by atoms with Crippen molar-refractivity contribution in [2.24, 2.45) is 0 Å². The van der Waals surface area contributed by atoms with Gasteiger partial charge in [0.1, 0.15) is 5.76 Å². The summed E-state index contributed by atoms with van der Waals surface area (Å²) in [7, 11) is -1.93. The predicted octanol–water partition coefficient (Wildman–Crippen LogP) is 0.897. The molecular weight excluding hydrogens is 256 g/mol. The van der Waals surface area contributed by atoms with E-state index >= 15 is 0 Å². The molecule has 0 saturated carbocycles. The molecule has 1 aliphatic rings. The Morgan fingerprint density at radius 2 is 2.44 bits per heavy atom. The van der Waals surface area contributed by atoms with Gasteiger partial charge in [-0.25, -0.2) is 0 Å². The van der Waals surface area contributed by atoms with Gasteiger partial charge in [0.05, 0.1) is 18.9 Å². The lowest BCUT2D eigenvalue weighted by atomic mass is 10.2. The van der Waals surface area contributed by atoms with Crippen molar-refractivity contribution < 1.29 is 17.6 Å². The van der Waals surface area contributed by atoms with E-state index in [1.807, 2.05) is 6.07 Å². The lowest BCUT2D eigenvalue weighted by Crippen LogP contribution is -2.41. The molecule has 1 aromatic heterocycles. The SMILES string of the molecule is COCCNS(=O)(=O)N1CCC[C@@H]1c1ccco1. The average molecular weight is 274 g/mol. The van der Waals surface area contributed by atoms with Crippen molar-refractivity contribution in [2.45, 2.75) is 18.9 Å². The lowest BCUT2D eigenvalue weighted by Gasteiger charge is -2.22. The van der Waals surface area contributed by atoms with Crippen molar-refractivity contribution in [3.8, 4) is 0 Å². The van der Waals surface area contributed by atoms with Gasteiger partial charge in [-0.3, -0.25) is 0 Å². The molecule has 2 rings (SSSR count). The molecule has 0 aliphatic carbocycles. The van der Waals surface area contributed by atoms with Gasteiger partial charge in [0.25, 0.3) is 10.2 Å². The Labute approximate surface area is 107 Å². The first-order valence-electron chi connectivity index (χ1n) is 5.94. The highest BCUT2D eigenvalue weighted by molar-refractivity contribution is 7.87. The van der Waals surface area contributed by atoms with E-state index in [2.05, 4.69) is 4.72 Å². The number of ether oxygens (including phenoxy) is 1. The summed E-state index contributed by atoms with van der Waals surface area (Å²) in [5, 5.41) is 0. The maximum atomic E-state index is 12.1. The second kappa shape index (κ2) is 5.83. The van der Waals surface area contributed by atoms with Crippen LogP contribution in [0.4, 0.5) is 0 Å². The number of rotatable bonds is 6. The maximum absolute atomic E-state index is 12.1. The Balaban J connectivity index is 2.07. The van der Waals surface area contributed by atoms with Gasteiger partial charge in [0, 0.05) is 20.2 Å². The Morgan fingerprint density at radius 1 is 1.61 bits per heavy atom. The second-order valence-electron chi connectivity index (χ2n) is 4.18. The molecule has 0 bridgehead atoms. The van der Waals surface area contributed by atoms with E-state index in [-0.39, 0.29) is 12.6 Å². The Kier molecular flexibility index (Phi) is 4.39. The monoisotopic (exact) mass is 274 g/mol. The van der Waals surface area contributed by atoms with Crippen molar-refractivity contribution in [1.29, 1.82) is 0 Å². The number of furan rings is 1. The van der Waals surface area contributed by atoms with Crippen molar-refractivity contribution >= 4 is 10.2 Å². The van der Waals surface area contributed by atoms with Gasteiger partial charge in [-0.1, -0.05) is 0 Å². The summed E-state index contributed by atoms with van der Waals surface area (Å²) in [5.74, 6) is 0.699. The fourth-order valence-corrected chi connectivity index (χ4v) is 3.57. The van der Waals surface area contributed by atoms with Crippen LogP contribution in [-0.2, 0) is 14.9 Å². The Hall–Kier alpha value is -0.890. The topological polar surface area (TPSA) is 71.8 Å². The molecule has 1 fully saturated rings. The molecule has 0 radical (unpaired) electrons. The summed E-state index contributed by atoms with van der Waals surface area (Å²) < 4.78 is 38.4. The van der Waals surface area contributed by atoms with Crippen LogP contribution in [0.1, 0.15) is 24.6 Å². The standard InChI is InChI=1S/C11H18N2O4S/c1-16-9-6-12-18(14,15)13-7-2-4-10(13)11-5-3-8-17-11/h3,5,8,10,12H,2,4,6-7,9H2,1H3/t10-/m1/s1. The minimum Gasteiger partial charge on any atom is -0.468 e. The molecule has 18 heavy (non-hydrogen) atoms. The summed E-state index contributed by atoms with van der Waals surface area (Å²) >= 11 is 0. The van der Waals surface area contributed by atoms with E-state index in [4.69, 9.17) is 9.15 Å². The van der Waals surface area contributed by atoms with Crippen LogP contribution in [0.3, 0.4) is 0 Å². The van der Waals surface area contributed by atoms with Gasteiger partial charge in [-0.2, -0.15) is 17.4 Å². The Morgan fingerprint density at radius 3 is 3.11 bits per heavy atom. The molecule has 102 valence electrons. The molecule has 7 heteroatoms. The van der Waals surface area contributed by atoms with Crippen LogP contribution in [0.2, 0.25) is 0 Å². The molecular formula is C11H18N2O4S. The molecule has 0 amide bonds. The summed E-state index contributed by atoms with van der Waals surface area (Å²) in [6, 6.07) is 3.39. The van der Waals surface area contributed by atoms with Crippen LogP contribution in [-0.4, -0.2) is 39.5 Å². The zero-order valence-electron chi connectivity index (χ0n) is 10.3. The van der Waals surface area contributed by atoms with Crippen LogP contribution in [0, 0.1) is 0 Å². The molecule has 1 aliphatic heterocycles. The van der Waals surface area contributed by atoms with Gasteiger partial charge < -0.3 is 9.15 Å². The van der Waals surface area contributed by atoms with E-state index in [0.29, 0.717) is 18.9 Å². The lowest BCUT2D eigenvalue weighted by molar-refractivity contribution is 0.203. The molecule has 1 saturated heterocycles.